The molecule has 0 spiro atoms. The van der Waals surface area contributed by atoms with Gasteiger partial charge in [-0.1, -0.05) is 18.3 Å². The normalized spacial score (nSPS) is 14.7. The fourth-order valence-corrected chi connectivity index (χ4v) is 5.64. The Hall–Kier alpha value is -3.37. The quantitative estimate of drug-likeness (QED) is 0.391. The van der Waals surface area contributed by atoms with Crippen LogP contribution in [0.2, 0.25) is 0 Å². The molecule has 5 rings (SSSR count). The Morgan fingerprint density at radius 1 is 1.14 bits per heavy atom. The molecule has 1 aliphatic rings. The molecule has 182 valence electrons. The highest BCUT2D eigenvalue weighted by atomic mass is 32.1. The summed E-state index contributed by atoms with van der Waals surface area (Å²) in [7, 11) is 0. The molecule has 10 heteroatoms. The Balaban J connectivity index is 1.22. The van der Waals surface area contributed by atoms with E-state index in [4.69, 9.17) is 0 Å². The average Bonchev–Trinajstić information content (AvgIpc) is 3.51. The van der Waals surface area contributed by atoms with Gasteiger partial charge in [-0.05, 0) is 50.1 Å². The van der Waals surface area contributed by atoms with Gasteiger partial charge in [0.25, 0.3) is 0 Å². The third-order valence-electron chi connectivity index (χ3n) is 6.46. The van der Waals surface area contributed by atoms with Gasteiger partial charge in [0.05, 0.1) is 24.1 Å². The van der Waals surface area contributed by atoms with Crippen molar-refractivity contribution in [3.8, 4) is 11.3 Å². The van der Waals surface area contributed by atoms with E-state index in [1.807, 2.05) is 20.0 Å². The molecule has 8 nitrogen and oxygen atoms in total. The number of aromatic amines is 1. The zero-order valence-corrected chi connectivity index (χ0v) is 20.8. The van der Waals surface area contributed by atoms with Crippen LogP contribution in [0.1, 0.15) is 46.0 Å². The molecule has 1 aromatic carbocycles. The van der Waals surface area contributed by atoms with Crippen molar-refractivity contribution in [1.82, 2.24) is 24.5 Å². The number of H-pyrrole nitrogens is 1. The van der Waals surface area contributed by atoms with E-state index in [1.165, 1.54) is 23.5 Å². The van der Waals surface area contributed by atoms with Crippen LogP contribution in [0.3, 0.4) is 0 Å². The van der Waals surface area contributed by atoms with Crippen LogP contribution in [0.15, 0.2) is 30.5 Å². The molecule has 0 bridgehead atoms. The number of ketones is 2. The van der Waals surface area contributed by atoms with Crippen molar-refractivity contribution in [2.45, 2.75) is 27.2 Å². The molecule has 35 heavy (non-hydrogen) atoms. The molecule has 1 fully saturated rings. The predicted octanol–water partition coefficient (Wildman–Crippen LogP) is 4.00. The molecule has 1 N–H and O–H groups in total. The molecule has 0 amide bonds. The van der Waals surface area contributed by atoms with Gasteiger partial charge in [0.1, 0.15) is 5.82 Å². The maximum atomic E-state index is 13.2. The summed E-state index contributed by atoms with van der Waals surface area (Å²) in [5.74, 6) is -0.263. The van der Waals surface area contributed by atoms with Crippen molar-refractivity contribution < 1.29 is 14.0 Å². The van der Waals surface area contributed by atoms with Crippen molar-refractivity contribution >= 4 is 33.0 Å². The maximum absolute atomic E-state index is 13.2. The fraction of sp³-hybridized carbons (Fsp3) is 0.360. The molecule has 4 heterocycles. The van der Waals surface area contributed by atoms with Gasteiger partial charge in [0.2, 0.25) is 10.1 Å². The highest BCUT2D eigenvalue weighted by Gasteiger charge is 2.26. The fourth-order valence-electron chi connectivity index (χ4n) is 4.70. The molecule has 0 unspecified atom stereocenters. The van der Waals surface area contributed by atoms with Crippen LogP contribution < -0.4 is 4.90 Å². The minimum atomic E-state index is -0.273. The first-order valence-electron chi connectivity index (χ1n) is 11.7. The summed E-state index contributed by atoms with van der Waals surface area (Å²) in [4.78, 5) is 38.0. The van der Waals surface area contributed by atoms with Crippen molar-refractivity contribution in [3.63, 3.8) is 0 Å². The second-order valence-corrected chi connectivity index (χ2v) is 9.75. The van der Waals surface area contributed by atoms with Crippen molar-refractivity contribution in [3.05, 3.63) is 58.8 Å². The molecule has 3 aromatic heterocycles. The van der Waals surface area contributed by atoms with Gasteiger partial charge in [-0.3, -0.25) is 14.5 Å². The van der Waals surface area contributed by atoms with Crippen LogP contribution in [0, 0.1) is 12.7 Å². The summed E-state index contributed by atoms with van der Waals surface area (Å²) in [5, 5.41) is 5.58. The van der Waals surface area contributed by atoms with Crippen LogP contribution in [0.25, 0.3) is 16.2 Å². The minimum absolute atomic E-state index is 0.0113. The number of carbonyl (C=O) groups excluding carboxylic acids is 2. The van der Waals surface area contributed by atoms with Crippen LogP contribution in [-0.2, 0) is 6.42 Å². The van der Waals surface area contributed by atoms with Gasteiger partial charge in [-0.25, -0.2) is 13.9 Å². The van der Waals surface area contributed by atoms with Crippen molar-refractivity contribution in [2.75, 3.05) is 37.6 Å². The van der Waals surface area contributed by atoms with E-state index in [-0.39, 0.29) is 17.4 Å². The molecular formula is C25H27FN6O2S. The number of nitrogens with one attached hydrogen (secondary N) is 1. The smallest absolute Gasteiger partial charge is 0.214 e. The van der Waals surface area contributed by atoms with E-state index in [0.29, 0.717) is 24.2 Å². The summed E-state index contributed by atoms with van der Waals surface area (Å²) >= 11 is 1.52. The van der Waals surface area contributed by atoms with Crippen LogP contribution in [-0.4, -0.2) is 68.8 Å². The Morgan fingerprint density at radius 2 is 1.86 bits per heavy atom. The first kappa shape index (κ1) is 23.4. The molecular weight excluding hydrogens is 467 g/mol. The molecule has 0 radical (unpaired) electrons. The van der Waals surface area contributed by atoms with E-state index in [9.17, 15) is 14.0 Å². The second-order valence-electron chi connectivity index (χ2n) is 8.82. The summed E-state index contributed by atoms with van der Waals surface area (Å²) in [6.07, 6.45) is 2.50. The van der Waals surface area contributed by atoms with Gasteiger partial charge in [-0.2, -0.15) is 0 Å². The van der Waals surface area contributed by atoms with E-state index in [0.717, 1.165) is 58.8 Å². The van der Waals surface area contributed by atoms with Gasteiger partial charge in [0.15, 0.2) is 11.6 Å². The van der Waals surface area contributed by atoms with Gasteiger partial charge in [-0.15, -0.1) is 5.10 Å². The number of anilines is 1. The Bertz CT molecular complexity index is 1360. The number of nitrogens with zero attached hydrogens (tertiary/aromatic N) is 5. The predicted molar refractivity (Wildman–Crippen MR) is 134 cm³/mol. The molecule has 0 aliphatic carbocycles. The topological polar surface area (TPSA) is 86.6 Å². The number of carbonyl (C=O) groups is 2. The number of piperazine rings is 1. The lowest BCUT2D eigenvalue weighted by molar-refractivity contribution is 0.0921. The maximum Gasteiger partial charge on any atom is 0.214 e. The first-order valence-corrected chi connectivity index (χ1v) is 12.5. The summed E-state index contributed by atoms with van der Waals surface area (Å²) in [5.41, 5.74) is 4.41. The number of hydrogen-bond acceptors (Lipinski definition) is 7. The number of aryl methyl sites for hydroxylation is 1. The van der Waals surface area contributed by atoms with Gasteiger partial charge in [0, 0.05) is 43.0 Å². The van der Waals surface area contributed by atoms with E-state index in [1.54, 1.807) is 23.6 Å². The van der Waals surface area contributed by atoms with Crippen molar-refractivity contribution in [1.29, 1.82) is 0 Å². The highest BCUT2D eigenvalue weighted by Crippen LogP contribution is 2.28. The zero-order chi connectivity index (χ0) is 24.7. The van der Waals surface area contributed by atoms with E-state index >= 15 is 0 Å². The number of aromatic nitrogens is 4. The number of hydrogen-bond donors (Lipinski definition) is 1. The summed E-state index contributed by atoms with van der Waals surface area (Å²) in [6.45, 7) is 8.69. The lowest BCUT2D eigenvalue weighted by atomic mass is 10.0. The lowest BCUT2D eigenvalue weighted by Crippen LogP contribution is -2.48. The van der Waals surface area contributed by atoms with Crippen LogP contribution in [0.5, 0.6) is 0 Å². The number of Topliss-reactive ketones (excluding diaryl/α,β-unsaturated/α-hetero) is 2. The van der Waals surface area contributed by atoms with E-state index < -0.39 is 0 Å². The third kappa shape index (κ3) is 4.51. The number of halogens is 1. The summed E-state index contributed by atoms with van der Waals surface area (Å²) < 4.78 is 15.0. The highest BCUT2D eigenvalue weighted by molar-refractivity contribution is 7.20. The average molecular weight is 495 g/mol. The molecule has 1 saturated heterocycles. The monoisotopic (exact) mass is 494 g/mol. The van der Waals surface area contributed by atoms with Crippen LogP contribution >= 0.6 is 11.3 Å². The SMILES string of the molecule is CCc1c(C(=O)CN2CCN(c3nn4cc(-c5ccc(F)cc5)nc4s3)CC2)[nH]c(C)c1C(C)=O. The molecule has 0 saturated carbocycles. The number of fused-ring (bicyclic) bond motifs is 1. The largest absolute Gasteiger partial charge is 0.355 e. The minimum Gasteiger partial charge on any atom is -0.355 e. The standard InChI is InChI=1S/C25H27FN6O2S/c1-4-19-22(16(3)33)15(2)27-23(19)21(34)14-30-9-11-31(12-10-30)25-29-32-13-20(28-24(32)35-25)17-5-7-18(26)8-6-17/h5-8,13,27H,4,9-12,14H2,1-3H3. The zero-order valence-electron chi connectivity index (χ0n) is 20.0. The lowest BCUT2D eigenvalue weighted by Gasteiger charge is -2.33. The summed E-state index contributed by atoms with van der Waals surface area (Å²) in [6, 6.07) is 6.27. The van der Waals surface area contributed by atoms with Gasteiger partial charge < -0.3 is 9.88 Å². The first-order chi connectivity index (χ1) is 16.8. The Kier molecular flexibility index (Phi) is 6.24. The third-order valence-corrected chi connectivity index (χ3v) is 7.44. The van der Waals surface area contributed by atoms with Crippen molar-refractivity contribution in [2.24, 2.45) is 0 Å². The van der Waals surface area contributed by atoms with Gasteiger partial charge >= 0.3 is 0 Å². The van der Waals surface area contributed by atoms with E-state index in [2.05, 4.69) is 24.9 Å². The molecule has 1 aliphatic heterocycles. The Morgan fingerprint density at radius 3 is 2.49 bits per heavy atom. The number of rotatable bonds is 7. The second kappa shape index (κ2) is 9.35. The van der Waals surface area contributed by atoms with Crippen LogP contribution in [0.4, 0.5) is 9.52 Å². The molecule has 0 atom stereocenters. The molecule has 4 aromatic rings. The Labute approximate surface area is 206 Å². The number of imidazole rings is 1. The number of benzene rings is 1.